The molecule has 0 bridgehead atoms. The molecule has 1 aromatic rings. The van der Waals surface area contributed by atoms with E-state index in [1.807, 2.05) is 6.26 Å². The fraction of sp³-hybridized carbons (Fsp3) is 0.700. The highest BCUT2D eigenvalue weighted by atomic mass is 16.3. The van der Waals surface area contributed by atoms with Crippen molar-refractivity contribution in [2.45, 2.75) is 72.3 Å². The van der Waals surface area contributed by atoms with Crippen LogP contribution in [0.2, 0.25) is 0 Å². The van der Waals surface area contributed by atoms with Crippen molar-refractivity contribution in [1.82, 2.24) is 0 Å². The van der Waals surface area contributed by atoms with E-state index in [1.54, 1.807) is 11.8 Å². The molecule has 0 saturated heterocycles. The summed E-state index contributed by atoms with van der Waals surface area (Å²) in [6, 6.07) is 2.33. The summed E-state index contributed by atoms with van der Waals surface area (Å²) in [5.74, 6) is 0.715. The number of rotatable bonds is 3. The third-order valence-corrected chi connectivity index (χ3v) is 6.68. The molecule has 2 aliphatic rings. The lowest BCUT2D eigenvalue weighted by molar-refractivity contribution is 0.00656. The smallest absolute Gasteiger partial charge is 0.0934 e. The highest BCUT2D eigenvalue weighted by Crippen LogP contribution is 2.59. The van der Waals surface area contributed by atoms with Gasteiger partial charge in [-0.2, -0.15) is 0 Å². The first-order valence-electron chi connectivity index (χ1n) is 8.81. The van der Waals surface area contributed by atoms with Gasteiger partial charge in [-0.1, -0.05) is 38.3 Å². The van der Waals surface area contributed by atoms with E-state index in [0.717, 1.165) is 19.3 Å². The number of furan rings is 1. The monoisotopic (exact) mass is 301 g/mol. The van der Waals surface area contributed by atoms with E-state index in [9.17, 15) is 0 Å². The van der Waals surface area contributed by atoms with Crippen LogP contribution in [0.15, 0.2) is 34.2 Å². The van der Waals surface area contributed by atoms with Crippen LogP contribution in [0.5, 0.6) is 0 Å². The molecule has 122 valence electrons. The van der Waals surface area contributed by atoms with Crippen molar-refractivity contribution in [2.24, 2.45) is 22.5 Å². The predicted molar refractivity (Wildman–Crippen MR) is 91.6 cm³/mol. The summed E-state index contributed by atoms with van der Waals surface area (Å²) in [4.78, 5) is 0. The third kappa shape index (κ3) is 2.56. The average molecular weight is 301 g/mol. The summed E-state index contributed by atoms with van der Waals surface area (Å²) in [7, 11) is 0. The van der Waals surface area contributed by atoms with Crippen LogP contribution in [0.25, 0.3) is 0 Å². The molecule has 2 heteroatoms. The summed E-state index contributed by atoms with van der Waals surface area (Å²) < 4.78 is 5.23. The zero-order valence-electron chi connectivity index (χ0n) is 14.6. The van der Waals surface area contributed by atoms with Gasteiger partial charge >= 0.3 is 0 Å². The van der Waals surface area contributed by atoms with Gasteiger partial charge in [0.1, 0.15) is 0 Å². The van der Waals surface area contributed by atoms with Crippen molar-refractivity contribution in [3.63, 3.8) is 0 Å². The highest BCUT2D eigenvalue weighted by Gasteiger charge is 2.51. The molecule has 1 unspecified atom stereocenters. The molecule has 0 spiro atoms. The zero-order chi connectivity index (χ0) is 16.0. The van der Waals surface area contributed by atoms with Crippen LogP contribution in [0.3, 0.4) is 0 Å². The van der Waals surface area contributed by atoms with Crippen LogP contribution in [0.4, 0.5) is 0 Å². The average Bonchev–Trinajstić information content (AvgIpc) is 2.94. The van der Waals surface area contributed by atoms with Crippen molar-refractivity contribution in [2.75, 3.05) is 0 Å². The van der Waals surface area contributed by atoms with Crippen LogP contribution in [-0.2, 0) is 6.42 Å². The van der Waals surface area contributed by atoms with E-state index in [1.165, 1.54) is 30.4 Å². The lowest BCUT2D eigenvalue weighted by Gasteiger charge is -2.56. The van der Waals surface area contributed by atoms with E-state index in [-0.39, 0.29) is 6.04 Å². The molecule has 0 amide bonds. The van der Waals surface area contributed by atoms with E-state index in [0.29, 0.717) is 16.7 Å². The summed E-state index contributed by atoms with van der Waals surface area (Å²) in [5.41, 5.74) is 11.7. The SMILES string of the molecule is CC1=C(CCc2ccoc2)[C@@]2(C)CCCC(C)(C)[C@@H]2CC1N. The van der Waals surface area contributed by atoms with Crippen molar-refractivity contribution in [1.29, 1.82) is 0 Å². The van der Waals surface area contributed by atoms with Gasteiger partial charge in [0.05, 0.1) is 12.5 Å². The van der Waals surface area contributed by atoms with Crippen LogP contribution in [0.1, 0.15) is 65.4 Å². The number of allylic oxidation sites excluding steroid dienone is 1. The van der Waals surface area contributed by atoms with Gasteiger partial charge in [0, 0.05) is 6.04 Å². The normalized spacial score (nSPS) is 34.6. The molecule has 1 heterocycles. The molecule has 1 aromatic heterocycles. The van der Waals surface area contributed by atoms with Crippen LogP contribution >= 0.6 is 0 Å². The second-order valence-corrected chi connectivity index (χ2v) is 8.45. The summed E-state index contributed by atoms with van der Waals surface area (Å²) in [6.07, 6.45) is 11.0. The van der Waals surface area contributed by atoms with Gasteiger partial charge in [0.25, 0.3) is 0 Å². The number of fused-ring (bicyclic) bond motifs is 1. The van der Waals surface area contributed by atoms with E-state index < -0.39 is 0 Å². The molecule has 2 N–H and O–H groups in total. The van der Waals surface area contributed by atoms with Crippen LogP contribution in [-0.4, -0.2) is 6.04 Å². The second-order valence-electron chi connectivity index (χ2n) is 8.45. The first kappa shape index (κ1) is 15.9. The van der Waals surface area contributed by atoms with Gasteiger partial charge in [-0.15, -0.1) is 0 Å². The molecule has 1 fully saturated rings. The number of hydrogen-bond donors (Lipinski definition) is 1. The fourth-order valence-corrected chi connectivity index (χ4v) is 5.35. The second kappa shape index (κ2) is 5.56. The lowest BCUT2D eigenvalue weighted by atomic mass is 9.49. The van der Waals surface area contributed by atoms with Gasteiger partial charge in [0.2, 0.25) is 0 Å². The first-order chi connectivity index (χ1) is 10.3. The maximum Gasteiger partial charge on any atom is 0.0934 e. The molecule has 2 nitrogen and oxygen atoms in total. The molecule has 0 aliphatic heterocycles. The molecule has 1 saturated carbocycles. The molecule has 3 atom stereocenters. The van der Waals surface area contributed by atoms with E-state index in [4.69, 9.17) is 10.2 Å². The first-order valence-corrected chi connectivity index (χ1v) is 8.81. The van der Waals surface area contributed by atoms with Crippen molar-refractivity contribution in [3.8, 4) is 0 Å². The van der Waals surface area contributed by atoms with Crippen molar-refractivity contribution in [3.05, 3.63) is 35.3 Å². The topological polar surface area (TPSA) is 39.2 Å². The molecule has 22 heavy (non-hydrogen) atoms. The van der Waals surface area contributed by atoms with Gasteiger partial charge in [-0.25, -0.2) is 0 Å². The quantitative estimate of drug-likeness (QED) is 0.790. The zero-order valence-corrected chi connectivity index (χ0v) is 14.6. The molecular formula is C20H31NO. The van der Waals surface area contributed by atoms with Crippen LogP contribution < -0.4 is 5.73 Å². The Morgan fingerprint density at radius 1 is 1.23 bits per heavy atom. The summed E-state index contributed by atoms with van der Waals surface area (Å²) in [6.45, 7) is 9.70. The Balaban J connectivity index is 1.91. The fourth-order valence-electron chi connectivity index (χ4n) is 5.35. The van der Waals surface area contributed by atoms with Gasteiger partial charge in [-0.3, -0.25) is 0 Å². The minimum Gasteiger partial charge on any atom is -0.472 e. The van der Waals surface area contributed by atoms with Crippen LogP contribution in [0, 0.1) is 16.7 Å². The van der Waals surface area contributed by atoms with Crippen molar-refractivity contribution >= 4 is 0 Å². The molecule has 3 rings (SSSR count). The largest absolute Gasteiger partial charge is 0.472 e. The molecule has 0 aromatic carbocycles. The Morgan fingerprint density at radius 3 is 2.68 bits per heavy atom. The maximum atomic E-state index is 6.53. The number of nitrogens with two attached hydrogens (primary N) is 1. The summed E-state index contributed by atoms with van der Waals surface area (Å²) >= 11 is 0. The Bertz CT molecular complexity index is 554. The Morgan fingerprint density at radius 2 is 2.00 bits per heavy atom. The Kier molecular flexibility index (Phi) is 4.01. The molecule has 2 aliphatic carbocycles. The standard InChI is InChI=1S/C20H31NO/c1-14-16(7-6-15-8-11-22-13-15)20(4)10-5-9-19(2,3)18(20)12-17(14)21/h8,11,13,17-18H,5-7,9-10,12,21H2,1-4H3/t17?,18-,20+/m0/s1. The van der Waals surface area contributed by atoms with Gasteiger partial charge in [0.15, 0.2) is 0 Å². The highest BCUT2D eigenvalue weighted by molar-refractivity contribution is 5.31. The van der Waals surface area contributed by atoms with E-state index >= 15 is 0 Å². The van der Waals surface area contributed by atoms with Crippen molar-refractivity contribution < 1.29 is 4.42 Å². The Labute approximate surface area is 135 Å². The lowest BCUT2D eigenvalue weighted by Crippen LogP contribution is -2.50. The third-order valence-electron chi connectivity index (χ3n) is 6.68. The number of aryl methyl sites for hydroxylation is 1. The van der Waals surface area contributed by atoms with Gasteiger partial charge < -0.3 is 10.2 Å². The maximum absolute atomic E-state index is 6.53. The molecular weight excluding hydrogens is 270 g/mol. The van der Waals surface area contributed by atoms with Gasteiger partial charge in [-0.05, 0) is 67.4 Å². The minimum absolute atomic E-state index is 0.245. The molecule has 0 radical (unpaired) electrons. The summed E-state index contributed by atoms with van der Waals surface area (Å²) in [5, 5.41) is 0. The number of hydrogen-bond acceptors (Lipinski definition) is 2. The minimum atomic E-state index is 0.245. The Hall–Kier alpha value is -1.02. The predicted octanol–water partition coefficient (Wildman–Crippen LogP) is 5.09. The van der Waals surface area contributed by atoms with E-state index in [2.05, 4.69) is 33.8 Å².